The predicted octanol–water partition coefficient (Wildman–Crippen LogP) is 2.94. The summed E-state index contributed by atoms with van der Waals surface area (Å²) in [7, 11) is 2.75. The first-order valence-corrected chi connectivity index (χ1v) is 6.96. The summed E-state index contributed by atoms with van der Waals surface area (Å²) in [6.07, 6.45) is 3.07. The van der Waals surface area contributed by atoms with Crippen molar-refractivity contribution in [2.45, 2.75) is 0 Å². The molecule has 0 aliphatic heterocycles. The van der Waals surface area contributed by atoms with Crippen LogP contribution in [0.25, 0.3) is 6.08 Å². The topological polar surface area (TPSA) is 68.5 Å². The Kier molecular flexibility index (Phi) is 6.75. The molecule has 0 aliphatic rings. The fourth-order valence-electron chi connectivity index (χ4n) is 1.52. The number of ether oxygens (including phenoxy) is 3. The zero-order chi connectivity index (χ0) is 15.8. The summed E-state index contributed by atoms with van der Waals surface area (Å²) in [6, 6.07) is 5.27. The number of carbonyl (C=O) groups excluding carboxylic acids is 1. The Hall–Kier alpha value is -2.01. The molecule has 1 aromatic carbocycles. The van der Waals surface area contributed by atoms with Crippen molar-refractivity contribution in [2.75, 3.05) is 20.8 Å². The number of nitrogens with zero attached hydrogens (tertiary/aromatic N) is 1. The smallest absolute Gasteiger partial charge is 0.348 e. The third-order valence-electron chi connectivity index (χ3n) is 2.43. The minimum atomic E-state index is -0.682. The van der Waals surface area contributed by atoms with E-state index in [9.17, 15) is 4.79 Å². The van der Waals surface area contributed by atoms with Crippen LogP contribution in [-0.4, -0.2) is 26.8 Å². The first kappa shape index (κ1) is 17.0. The van der Waals surface area contributed by atoms with Gasteiger partial charge in [-0.25, -0.2) is 4.79 Å². The van der Waals surface area contributed by atoms with Crippen LogP contribution in [0.15, 0.2) is 30.4 Å². The van der Waals surface area contributed by atoms with Gasteiger partial charge in [0.1, 0.15) is 18.2 Å². The molecule has 0 unspecified atom stereocenters. The van der Waals surface area contributed by atoms with E-state index in [0.29, 0.717) is 23.7 Å². The van der Waals surface area contributed by atoms with Gasteiger partial charge in [0, 0.05) is 0 Å². The third kappa shape index (κ3) is 4.49. The molecular weight excluding hydrogens is 385 g/mol. The molecule has 1 aromatic rings. The molecule has 0 saturated carbocycles. The molecule has 0 radical (unpaired) electrons. The van der Waals surface area contributed by atoms with Crippen LogP contribution in [0.1, 0.15) is 5.56 Å². The molecule has 0 amide bonds. The van der Waals surface area contributed by atoms with Crippen LogP contribution in [0.4, 0.5) is 0 Å². The number of hydrogen-bond acceptors (Lipinski definition) is 5. The summed E-state index contributed by atoms with van der Waals surface area (Å²) < 4.78 is 16.1. The van der Waals surface area contributed by atoms with Gasteiger partial charge >= 0.3 is 5.97 Å². The lowest BCUT2D eigenvalue weighted by Gasteiger charge is -2.12. The summed E-state index contributed by atoms with van der Waals surface area (Å²) in [4.78, 5) is 11.4. The zero-order valence-electron chi connectivity index (χ0n) is 11.7. The SMILES string of the molecule is C=CCOc1c(I)cc(/C=C(\C#N)C(=O)OC)cc1OC. The Labute approximate surface area is 136 Å². The molecule has 5 nitrogen and oxygen atoms in total. The minimum Gasteiger partial charge on any atom is -0.493 e. The highest BCUT2D eigenvalue weighted by molar-refractivity contribution is 14.1. The van der Waals surface area contributed by atoms with E-state index in [1.807, 2.05) is 0 Å². The normalized spacial score (nSPS) is 10.5. The van der Waals surface area contributed by atoms with Crippen LogP contribution in [0.5, 0.6) is 11.5 Å². The molecular formula is C15H14INO4. The van der Waals surface area contributed by atoms with Crippen LogP contribution < -0.4 is 9.47 Å². The van der Waals surface area contributed by atoms with E-state index >= 15 is 0 Å². The van der Waals surface area contributed by atoms with Crippen LogP contribution in [0, 0.1) is 14.9 Å². The average Bonchev–Trinajstić information content (AvgIpc) is 2.50. The molecule has 1 rings (SSSR count). The van der Waals surface area contributed by atoms with E-state index in [1.165, 1.54) is 20.3 Å². The molecule has 0 aromatic heterocycles. The van der Waals surface area contributed by atoms with Gasteiger partial charge in [0.2, 0.25) is 0 Å². The number of rotatable bonds is 6. The van der Waals surface area contributed by atoms with Gasteiger partial charge in [0.05, 0.1) is 17.8 Å². The molecule has 110 valence electrons. The van der Waals surface area contributed by atoms with Crippen LogP contribution in [-0.2, 0) is 9.53 Å². The molecule has 0 N–H and O–H groups in total. The van der Waals surface area contributed by atoms with Crippen molar-refractivity contribution in [2.24, 2.45) is 0 Å². The van der Waals surface area contributed by atoms with Gasteiger partial charge in [-0.2, -0.15) is 5.26 Å². The summed E-state index contributed by atoms with van der Waals surface area (Å²) >= 11 is 2.09. The average molecular weight is 399 g/mol. The monoisotopic (exact) mass is 399 g/mol. The maximum atomic E-state index is 11.4. The van der Waals surface area contributed by atoms with Gasteiger partial charge in [-0.05, 0) is 46.4 Å². The third-order valence-corrected chi connectivity index (χ3v) is 3.24. The van der Waals surface area contributed by atoms with Crippen molar-refractivity contribution < 1.29 is 19.0 Å². The second kappa shape index (κ2) is 8.32. The van der Waals surface area contributed by atoms with Gasteiger partial charge < -0.3 is 14.2 Å². The van der Waals surface area contributed by atoms with Crippen molar-refractivity contribution in [1.82, 2.24) is 0 Å². The molecule has 0 heterocycles. The van der Waals surface area contributed by atoms with Gasteiger partial charge in [-0.3, -0.25) is 0 Å². The first-order valence-electron chi connectivity index (χ1n) is 5.88. The first-order chi connectivity index (χ1) is 10.1. The standard InChI is InChI=1S/C15H14INO4/c1-4-5-21-14-12(16)7-10(8-13(14)19-2)6-11(9-17)15(18)20-3/h4,6-8H,1,5H2,2-3H3/b11-6+. The van der Waals surface area contributed by atoms with Gasteiger partial charge in [0.25, 0.3) is 0 Å². The van der Waals surface area contributed by atoms with Crippen molar-refractivity contribution in [3.63, 3.8) is 0 Å². The number of nitriles is 1. The summed E-state index contributed by atoms with van der Waals surface area (Å²) in [5.41, 5.74) is 0.555. The van der Waals surface area contributed by atoms with E-state index in [-0.39, 0.29) is 5.57 Å². The van der Waals surface area contributed by atoms with Gasteiger partial charge in [0.15, 0.2) is 11.5 Å². The second-order valence-corrected chi connectivity index (χ2v) is 4.96. The summed E-state index contributed by atoms with van der Waals surface area (Å²) in [6.45, 7) is 3.95. The Bertz CT molecular complexity index is 617. The van der Waals surface area contributed by atoms with E-state index in [1.54, 1.807) is 24.3 Å². The fraction of sp³-hybridized carbons (Fsp3) is 0.200. The lowest BCUT2D eigenvalue weighted by molar-refractivity contribution is -0.135. The van der Waals surface area contributed by atoms with Gasteiger partial charge in [-0.15, -0.1) is 0 Å². The Morgan fingerprint density at radius 1 is 1.48 bits per heavy atom. The molecule has 0 fully saturated rings. The Morgan fingerprint density at radius 3 is 2.71 bits per heavy atom. The lowest BCUT2D eigenvalue weighted by atomic mass is 10.1. The number of hydrogen-bond donors (Lipinski definition) is 0. The molecule has 21 heavy (non-hydrogen) atoms. The predicted molar refractivity (Wildman–Crippen MR) is 87.0 cm³/mol. The van der Waals surface area contributed by atoms with E-state index < -0.39 is 5.97 Å². The molecule has 0 atom stereocenters. The van der Waals surface area contributed by atoms with Crippen LogP contribution >= 0.6 is 22.6 Å². The summed E-state index contributed by atoms with van der Waals surface area (Å²) in [5, 5.41) is 8.97. The highest BCUT2D eigenvalue weighted by Gasteiger charge is 2.13. The molecule has 0 saturated heterocycles. The Balaban J connectivity index is 3.25. The van der Waals surface area contributed by atoms with E-state index in [0.717, 1.165) is 3.57 Å². The number of methoxy groups -OCH3 is 2. The number of halogens is 1. The highest BCUT2D eigenvalue weighted by Crippen LogP contribution is 2.34. The number of carbonyl (C=O) groups is 1. The highest BCUT2D eigenvalue weighted by atomic mass is 127. The zero-order valence-corrected chi connectivity index (χ0v) is 13.8. The second-order valence-electron chi connectivity index (χ2n) is 3.80. The molecule has 0 aliphatic carbocycles. The van der Waals surface area contributed by atoms with E-state index in [4.69, 9.17) is 14.7 Å². The largest absolute Gasteiger partial charge is 0.493 e. The van der Waals surface area contributed by atoms with Crippen LogP contribution in [0.2, 0.25) is 0 Å². The van der Waals surface area contributed by atoms with E-state index in [2.05, 4.69) is 33.9 Å². The molecule has 0 bridgehead atoms. The molecule has 6 heteroatoms. The van der Waals surface area contributed by atoms with Crippen molar-refractivity contribution >= 4 is 34.6 Å². The molecule has 0 spiro atoms. The van der Waals surface area contributed by atoms with Crippen LogP contribution in [0.3, 0.4) is 0 Å². The van der Waals surface area contributed by atoms with Crippen molar-refractivity contribution in [3.05, 3.63) is 39.5 Å². The minimum absolute atomic E-state index is 0.0879. The number of benzene rings is 1. The Morgan fingerprint density at radius 2 is 2.19 bits per heavy atom. The maximum absolute atomic E-state index is 11.4. The van der Waals surface area contributed by atoms with Gasteiger partial charge in [-0.1, -0.05) is 12.7 Å². The summed E-state index contributed by atoms with van der Waals surface area (Å²) in [5.74, 6) is 0.419. The maximum Gasteiger partial charge on any atom is 0.348 e. The lowest BCUT2D eigenvalue weighted by Crippen LogP contribution is -2.03. The number of esters is 1. The quantitative estimate of drug-likeness (QED) is 0.242. The van der Waals surface area contributed by atoms with Crippen molar-refractivity contribution in [3.8, 4) is 17.6 Å². The van der Waals surface area contributed by atoms with Crippen molar-refractivity contribution in [1.29, 1.82) is 5.26 Å². The fourth-order valence-corrected chi connectivity index (χ4v) is 2.30.